The van der Waals surface area contributed by atoms with Crippen LogP contribution in [0.3, 0.4) is 0 Å². The number of amides is 4. The minimum Gasteiger partial charge on any atom is -0.351 e. The highest BCUT2D eigenvalue weighted by Gasteiger charge is 2.25. The highest BCUT2D eigenvalue weighted by molar-refractivity contribution is 5.94. The first-order chi connectivity index (χ1) is 10.5. The van der Waals surface area contributed by atoms with Crippen molar-refractivity contribution >= 4 is 29.2 Å². The molecule has 1 aliphatic rings. The van der Waals surface area contributed by atoms with Crippen LogP contribution in [-0.4, -0.2) is 35.8 Å². The number of nitrogens with two attached hydrogens (primary N) is 1. The summed E-state index contributed by atoms with van der Waals surface area (Å²) in [6, 6.07) is 6.15. The summed E-state index contributed by atoms with van der Waals surface area (Å²) in [6.07, 6.45) is 1.31. The molecule has 1 heterocycles. The van der Waals surface area contributed by atoms with Crippen LogP contribution in [0.25, 0.3) is 0 Å². The minimum atomic E-state index is -0.653. The molecule has 0 bridgehead atoms. The molecule has 1 saturated heterocycles. The van der Waals surface area contributed by atoms with E-state index in [1.807, 2.05) is 0 Å². The molecule has 0 aromatic heterocycles. The van der Waals surface area contributed by atoms with Gasteiger partial charge in [0.2, 0.25) is 11.8 Å². The van der Waals surface area contributed by atoms with Gasteiger partial charge in [-0.2, -0.15) is 0 Å². The molecular formula is C15H20N4O3. The number of urea groups is 1. The van der Waals surface area contributed by atoms with E-state index in [0.717, 1.165) is 0 Å². The molecule has 22 heavy (non-hydrogen) atoms. The van der Waals surface area contributed by atoms with E-state index in [2.05, 4.69) is 10.6 Å². The van der Waals surface area contributed by atoms with Crippen molar-refractivity contribution in [3.8, 4) is 0 Å². The van der Waals surface area contributed by atoms with Crippen molar-refractivity contribution in [3.63, 3.8) is 0 Å². The van der Waals surface area contributed by atoms with E-state index in [-0.39, 0.29) is 17.7 Å². The number of nitrogens with one attached hydrogen (secondary N) is 2. The van der Waals surface area contributed by atoms with Crippen LogP contribution in [0.2, 0.25) is 0 Å². The molecule has 0 saturated carbocycles. The first kappa shape index (κ1) is 15.8. The Balaban J connectivity index is 1.92. The molecule has 1 aromatic carbocycles. The maximum Gasteiger partial charge on any atom is 0.316 e. The van der Waals surface area contributed by atoms with Gasteiger partial charge in [-0.15, -0.1) is 0 Å². The summed E-state index contributed by atoms with van der Waals surface area (Å²) in [4.78, 5) is 36.1. The molecule has 118 valence electrons. The normalized spacial score (nSPS) is 15.2. The average molecular weight is 304 g/mol. The Kier molecular flexibility index (Phi) is 4.98. The number of likely N-dealkylation sites (tertiary alicyclic amines) is 1. The van der Waals surface area contributed by atoms with Crippen LogP contribution in [0.5, 0.6) is 0 Å². The van der Waals surface area contributed by atoms with Gasteiger partial charge in [0, 0.05) is 37.3 Å². The highest BCUT2D eigenvalue weighted by Crippen LogP contribution is 2.21. The lowest BCUT2D eigenvalue weighted by Gasteiger charge is -2.30. The predicted molar refractivity (Wildman–Crippen MR) is 83.3 cm³/mol. The van der Waals surface area contributed by atoms with Crippen molar-refractivity contribution in [2.24, 2.45) is 11.7 Å². The molecule has 1 fully saturated rings. The van der Waals surface area contributed by atoms with Gasteiger partial charge in [-0.05, 0) is 31.0 Å². The number of hydrogen-bond donors (Lipinski definition) is 3. The molecule has 7 nitrogen and oxygen atoms in total. The summed E-state index contributed by atoms with van der Waals surface area (Å²) < 4.78 is 0. The van der Waals surface area contributed by atoms with Crippen LogP contribution in [0, 0.1) is 5.92 Å². The molecule has 0 radical (unpaired) electrons. The second-order valence-corrected chi connectivity index (χ2v) is 5.34. The van der Waals surface area contributed by atoms with E-state index in [4.69, 9.17) is 5.73 Å². The van der Waals surface area contributed by atoms with Gasteiger partial charge in [-0.3, -0.25) is 9.59 Å². The predicted octanol–water partition coefficient (Wildman–Crippen LogP) is 1.37. The Hall–Kier alpha value is -2.57. The lowest BCUT2D eigenvalue weighted by atomic mass is 9.96. The van der Waals surface area contributed by atoms with Gasteiger partial charge in [0.05, 0.1) is 0 Å². The van der Waals surface area contributed by atoms with E-state index in [1.165, 1.54) is 6.92 Å². The van der Waals surface area contributed by atoms with Crippen molar-refractivity contribution < 1.29 is 14.4 Å². The summed E-state index contributed by atoms with van der Waals surface area (Å²) in [5.74, 6) is -0.133. The molecule has 4 amide bonds. The van der Waals surface area contributed by atoms with Gasteiger partial charge in [0.25, 0.3) is 0 Å². The second-order valence-electron chi connectivity index (χ2n) is 5.34. The molecule has 0 spiro atoms. The standard InChI is InChI=1S/C15H20N4O3/c1-10(20)19-7-5-11(6-8-19)14(21)17-12-3-2-4-13(9-12)18-15(16)22/h2-4,9,11H,5-8H2,1H3,(H,17,21)(H3,16,18,22). The van der Waals surface area contributed by atoms with Crippen molar-refractivity contribution in [1.82, 2.24) is 4.90 Å². The van der Waals surface area contributed by atoms with Crippen molar-refractivity contribution in [1.29, 1.82) is 0 Å². The average Bonchev–Trinajstić information content (AvgIpc) is 2.47. The van der Waals surface area contributed by atoms with Gasteiger partial charge < -0.3 is 21.3 Å². The van der Waals surface area contributed by atoms with Gasteiger partial charge >= 0.3 is 6.03 Å². The number of primary amides is 1. The number of anilines is 2. The molecule has 2 rings (SSSR count). The third kappa shape index (κ3) is 4.21. The highest BCUT2D eigenvalue weighted by atomic mass is 16.2. The molecule has 0 unspecified atom stereocenters. The molecule has 0 atom stereocenters. The third-order valence-electron chi connectivity index (χ3n) is 3.71. The zero-order valence-electron chi connectivity index (χ0n) is 12.5. The molecule has 1 aliphatic heterocycles. The molecule has 0 aliphatic carbocycles. The zero-order chi connectivity index (χ0) is 16.1. The van der Waals surface area contributed by atoms with Crippen molar-refractivity contribution in [3.05, 3.63) is 24.3 Å². The maximum absolute atomic E-state index is 12.3. The number of hydrogen-bond acceptors (Lipinski definition) is 3. The zero-order valence-corrected chi connectivity index (χ0v) is 12.5. The first-order valence-electron chi connectivity index (χ1n) is 7.18. The quantitative estimate of drug-likeness (QED) is 0.785. The number of carbonyl (C=O) groups excluding carboxylic acids is 3. The molecule has 1 aromatic rings. The van der Waals surface area contributed by atoms with Crippen LogP contribution in [0.15, 0.2) is 24.3 Å². The number of carbonyl (C=O) groups is 3. The van der Waals surface area contributed by atoms with E-state index in [1.54, 1.807) is 29.2 Å². The van der Waals surface area contributed by atoms with Crippen LogP contribution >= 0.6 is 0 Å². The smallest absolute Gasteiger partial charge is 0.316 e. The Morgan fingerprint density at radius 3 is 2.27 bits per heavy atom. The SMILES string of the molecule is CC(=O)N1CCC(C(=O)Nc2cccc(NC(N)=O)c2)CC1. The maximum atomic E-state index is 12.3. The van der Waals surface area contributed by atoms with Crippen LogP contribution in [0.1, 0.15) is 19.8 Å². The Morgan fingerprint density at radius 2 is 1.73 bits per heavy atom. The van der Waals surface area contributed by atoms with Crippen molar-refractivity contribution in [2.45, 2.75) is 19.8 Å². The fourth-order valence-electron chi connectivity index (χ4n) is 2.52. The summed E-state index contributed by atoms with van der Waals surface area (Å²) >= 11 is 0. The summed E-state index contributed by atoms with van der Waals surface area (Å²) in [5.41, 5.74) is 6.19. The van der Waals surface area contributed by atoms with Gasteiger partial charge in [0.15, 0.2) is 0 Å². The van der Waals surface area contributed by atoms with Crippen LogP contribution < -0.4 is 16.4 Å². The summed E-state index contributed by atoms with van der Waals surface area (Å²) in [7, 11) is 0. The number of benzene rings is 1. The molecular weight excluding hydrogens is 284 g/mol. The third-order valence-corrected chi connectivity index (χ3v) is 3.71. The van der Waals surface area contributed by atoms with E-state index in [0.29, 0.717) is 37.3 Å². The molecule has 7 heteroatoms. The van der Waals surface area contributed by atoms with E-state index < -0.39 is 6.03 Å². The van der Waals surface area contributed by atoms with Gasteiger partial charge in [-0.1, -0.05) is 6.07 Å². The van der Waals surface area contributed by atoms with Gasteiger partial charge in [-0.25, -0.2) is 4.79 Å². The topological polar surface area (TPSA) is 105 Å². The summed E-state index contributed by atoms with van der Waals surface area (Å²) in [5, 5.41) is 5.29. The number of piperidine rings is 1. The Labute approximate surface area is 128 Å². The van der Waals surface area contributed by atoms with E-state index in [9.17, 15) is 14.4 Å². The summed E-state index contributed by atoms with van der Waals surface area (Å²) in [6.45, 7) is 2.75. The van der Waals surface area contributed by atoms with Crippen molar-refractivity contribution in [2.75, 3.05) is 23.7 Å². The molecule has 4 N–H and O–H groups in total. The monoisotopic (exact) mass is 304 g/mol. The Morgan fingerprint density at radius 1 is 1.14 bits per heavy atom. The first-order valence-corrected chi connectivity index (χ1v) is 7.18. The Bertz CT molecular complexity index is 580. The number of nitrogens with zero attached hydrogens (tertiary/aromatic N) is 1. The van der Waals surface area contributed by atoms with E-state index >= 15 is 0 Å². The second kappa shape index (κ2) is 6.93. The fraction of sp³-hybridized carbons (Fsp3) is 0.400. The van der Waals surface area contributed by atoms with Gasteiger partial charge in [0.1, 0.15) is 0 Å². The minimum absolute atomic E-state index is 0.0454. The fourth-order valence-corrected chi connectivity index (χ4v) is 2.52. The number of rotatable bonds is 3. The lowest BCUT2D eigenvalue weighted by molar-refractivity contribution is -0.132. The van der Waals surface area contributed by atoms with Crippen LogP contribution in [0.4, 0.5) is 16.2 Å². The van der Waals surface area contributed by atoms with Crippen LogP contribution in [-0.2, 0) is 9.59 Å². The lowest BCUT2D eigenvalue weighted by Crippen LogP contribution is -2.40. The largest absolute Gasteiger partial charge is 0.351 e.